The van der Waals surface area contributed by atoms with Crippen molar-refractivity contribution >= 4 is 10.9 Å². The molecule has 0 saturated carbocycles. The van der Waals surface area contributed by atoms with Gasteiger partial charge in [0.15, 0.2) is 0 Å². The second-order valence-electron chi connectivity index (χ2n) is 5.25. The fourth-order valence-electron chi connectivity index (χ4n) is 2.58. The number of nitrogens with zero attached hydrogens (tertiary/aromatic N) is 2. The number of aliphatic hydroxyl groups is 1. The average Bonchev–Trinajstić information content (AvgIpc) is 2.61. The fraction of sp³-hybridized carbons (Fsp3) is 0.222. The Kier molecular flexibility index (Phi) is 4.80. The van der Waals surface area contributed by atoms with Crippen molar-refractivity contribution in [3.8, 4) is 11.4 Å². The SMILES string of the molecule is O=c1c2ccccc2nc(-c2ccccc2)n1CCNCCO. The molecule has 3 rings (SSSR count). The lowest BCUT2D eigenvalue weighted by Crippen LogP contribution is -2.30. The summed E-state index contributed by atoms with van der Waals surface area (Å²) in [4.78, 5) is 17.5. The van der Waals surface area contributed by atoms with Crippen molar-refractivity contribution in [3.05, 3.63) is 65.0 Å². The molecule has 0 spiro atoms. The first-order valence-corrected chi connectivity index (χ1v) is 7.68. The molecular formula is C18H19N3O2. The Labute approximate surface area is 134 Å². The number of para-hydroxylation sites is 1. The van der Waals surface area contributed by atoms with Crippen molar-refractivity contribution < 1.29 is 5.11 Å². The van der Waals surface area contributed by atoms with Crippen molar-refractivity contribution in [1.82, 2.24) is 14.9 Å². The summed E-state index contributed by atoms with van der Waals surface area (Å²) in [5.41, 5.74) is 1.58. The van der Waals surface area contributed by atoms with Crippen LogP contribution in [0.25, 0.3) is 22.3 Å². The number of hydrogen-bond acceptors (Lipinski definition) is 4. The highest BCUT2D eigenvalue weighted by Crippen LogP contribution is 2.18. The molecule has 0 aliphatic carbocycles. The maximum Gasteiger partial charge on any atom is 0.261 e. The van der Waals surface area contributed by atoms with E-state index in [0.29, 0.717) is 36.4 Å². The molecule has 0 atom stereocenters. The van der Waals surface area contributed by atoms with Crippen LogP contribution in [0.2, 0.25) is 0 Å². The maximum absolute atomic E-state index is 12.8. The van der Waals surface area contributed by atoms with Gasteiger partial charge in [0, 0.05) is 25.2 Å². The molecule has 0 amide bonds. The van der Waals surface area contributed by atoms with Gasteiger partial charge in [0.05, 0.1) is 17.5 Å². The van der Waals surface area contributed by atoms with Crippen molar-refractivity contribution in [2.45, 2.75) is 6.54 Å². The van der Waals surface area contributed by atoms with Crippen LogP contribution >= 0.6 is 0 Å². The van der Waals surface area contributed by atoms with E-state index in [0.717, 1.165) is 5.56 Å². The fourth-order valence-corrected chi connectivity index (χ4v) is 2.58. The molecular weight excluding hydrogens is 290 g/mol. The maximum atomic E-state index is 12.8. The first-order chi connectivity index (χ1) is 11.3. The number of aliphatic hydroxyl groups excluding tert-OH is 1. The van der Waals surface area contributed by atoms with E-state index in [-0.39, 0.29) is 12.2 Å². The standard InChI is InChI=1S/C18H19N3O2/c22-13-11-19-10-12-21-17(14-6-2-1-3-7-14)20-16-9-5-4-8-15(16)18(21)23/h1-9,19,22H,10-13H2. The van der Waals surface area contributed by atoms with Gasteiger partial charge in [-0.3, -0.25) is 9.36 Å². The normalized spacial score (nSPS) is 11.0. The number of benzene rings is 2. The van der Waals surface area contributed by atoms with Gasteiger partial charge in [-0.2, -0.15) is 0 Å². The van der Waals surface area contributed by atoms with E-state index in [1.165, 1.54) is 0 Å². The van der Waals surface area contributed by atoms with Crippen molar-refractivity contribution in [2.24, 2.45) is 0 Å². The number of nitrogens with one attached hydrogen (secondary N) is 1. The Morgan fingerprint density at radius 2 is 1.74 bits per heavy atom. The summed E-state index contributed by atoms with van der Waals surface area (Å²) < 4.78 is 1.70. The molecule has 0 radical (unpaired) electrons. The lowest BCUT2D eigenvalue weighted by molar-refractivity contribution is 0.291. The minimum absolute atomic E-state index is 0.0414. The second-order valence-corrected chi connectivity index (χ2v) is 5.25. The Hall–Kier alpha value is -2.50. The van der Waals surface area contributed by atoms with Gasteiger partial charge in [0.2, 0.25) is 0 Å². The van der Waals surface area contributed by atoms with Gasteiger partial charge in [-0.05, 0) is 12.1 Å². The van der Waals surface area contributed by atoms with Gasteiger partial charge < -0.3 is 10.4 Å². The molecule has 2 aromatic carbocycles. The molecule has 0 unspecified atom stereocenters. The number of rotatable bonds is 6. The Morgan fingerprint density at radius 1 is 1.00 bits per heavy atom. The minimum Gasteiger partial charge on any atom is -0.395 e. The Bertz CT molecular complexity index is 844. The lowest BCUT2D eigenvalue weighted by Gasteiger charge is -2.14. The van der Waals surface area contributed by atoms with E-state index in [9.17, 15) is 4.79 Å². The van der Waals surface area contributed by atoms with Gasteiger partial charge in [0.1, 0.15) is 5.82 Å². The van der Waals surface area contributed by atoms with E-state index in [1.54, 1.807) is 10.6 Å². The molecule has 0 bridgehead atoms. The van der Waals surface area contributed by atoms with E-state index in [4.69, 9.17) is 10.1 Å². The molecule has 0 aliphatic heterocycles. The molecule has 3 aromatic rings. The predicted octanol–water partition coefficient (Wildman–Crippen LogP) is 1.65. The average molecular weight is 309 g/mol. The number of fused-ring (bicyclic) bond motifs is 1. The van der Waals surface area contributed by atoms with Crippen LogP contribution in [-0.4, -0.2) is 34.4 Å². The van der Waals surface area contributed by atoms with E-state index in [1.807, 2.05) is 48.5 Å². The molecule has 118 valence electrons. The summed E-state index contributed by atoms with van der Waals surface area (Å²) in [6, 6.07) is 17.1. The summed E-state index contributed by atoms with van der Waals surface area (Å²) in [5.74, 6) is 0.667. The third-order valence-electron chi connectivity index (χ3n) is 3.69. The van der Waals surface area contributed by atoms with Crippen LogP contribution in [0.1, 0.15) is 0 Å². The van der Waals surface area contributed by atoms with Crippen molar-refractivity contribution in [2.75, 3.05) is 19.7 Å². The molecule has 2 N–H and O–H groups in total. The van der Waals surface area contributed by atoms with Gasteiger partial charge in [0.25, 0.3) is 5.56 Å². The second kappa shape index (κ2) is 7.17. The first kappa shape index (κ1) is 15.4. The third-order valence-corrected chi connectivity index (χ3v) is 3.69. The summed E-state index contributed by atoms with van der Waals surface area (Å²) in [5, 5.41) is 12.6. The topological polar surface area (TPSA) is 67.2 Å². The zero-order valence-corrected chi connectivity index (χ0v) is 12.8. The molecule has 5 nitrogen and oxygen atoms in total. The van der Waals surface area contributed by atoms with Crippen LogP contribution in [0.15, 0.2) is 59.4 Å². The number of aromatic nitrogens is 2. The van der Waals surface area contributed by atoms with Crippen LogP contribution in [0.4, 0.5) is 0 Å². The smallest absolute Gasteiger partial charge is 0.261 e. The lowest BCUT2D eigenvalue weighted by atomic mass is 10.2. The van der Waals surface area contributed by atoms with Gasteiger partial charge in [-0.25, -0.2) is 4.98 Å². The highest BCUT2D eigenvalue weighted by Gasteiger charge is 2.11. The van der Waals surface area contributed by atoms with Gasteiger partial charge in [-0.15, -0.1) is 0 Å². The number of hydrogen-bond donors (Lipinski definition) is 2. The molecule has 0 aliphatic rings. The zero-order valence-electron chi connectivity index (χ0n) is 12.8. The highest BCUT2D eigenvalue weighted by molar-refractivity contribution is 5.79. The molecule has 0 saturated heterocycles. The van der Waals surface area contributed by atoms with E-state index >= 15 is 0 Å². The van der Waals surface area contributed by atoms with Gasteiger partial charge in [-0.1, -0.05) is 42.5 Å². The third kappa shape index (κ3) is 3.31. The van der Waals surface area contributed by atoms with E-state index < -0.39 is 0 Å². The summed E-state index contributed by atoms with van der Waals surface area (Å²) in [7, 11) is 0. The Morgan fingerprint density at radius 3 is 2.52 bits per heavy atom. The van der Waals surface area contributed by atoms with Gasteiger partial charge >= 0.3 is 0 Å². The summed E-state index contributed by atoms with van der Waals surface area (Å²) >= 11 is 0. The predicted molar refractivity (Wildman–Crippen MR) is 91.4 cm³/mol. The molecule has 5 heteroatoms. The molecule has 0 fully saturated rings. The molecule has 23 heavy (non-hydrogen) atoms. The van der Waals surface area contributed by atoms with Crippen LogP contribution in [0.3, 0.4) is 0 Å². The van der Waals surface area contributed by atoms with Crippen LogP contribution in [-0.2, 0) is 6.54 Å². The molecule has 1 aromatic heterocycles. The van der Waals surface area contributed by atoms with Crippen molar-refractivity contribution in [1.29, 1.82) is 0 Å². The van der Waals surface area contributed by atoms with E-state index in [2.05, 4.69) is 5.32 Å². The largest absolute Gasteiger partial charge is 0.395 e. The van der Waals surface area contributed by atoms with Crippen LogP contribution < -0.4 is 10.9 Å². The van der Waals surface area contributed by atoms with Crippen LogP contribution in [0, 0.1) is 0 Å². The van der Waals surface area contributed by atoms with Crippen molar-refractivity contribution in [3.63, 3.8) is 0 Å². The van der Waals surface area contributed by atoms with Crippen LogP contribution in [0.5, 0.6) is 0 Å². The highest BCUT2D eigenvalue weighted by atomic mass is 16.3. The monoisotopic (exact) mass is 309 g/mol. The molecule has 1 heterocycles. The summed E-state index contributed by atoms with van der Waals surface area (Å²) in [6.45, 7) is 1.69. The first-order valence-electron chi connectivity index (χ1n) is 7.68. The summed E-state index contributed by atoms with van der Waals surface area (Å²) in [6.07, 6.45) is 0. The Balaban J connectivity index is 2.10. The zero-order chi connectivity index (χ0) is 16.1. The minimum atomic E-state index is -0.0414. The quantitative estimate of drug-likeness (QED) is 0.679.